The van der Waals surface area contributed by atoms with Gasteiger partial charge in [-0.15, -0.1) is 0 Å². The molecule has 5 nitrogen and oxygen atoms in total. The van der Waals surface area contributed by atoms with Gasteiger partial charge in [0.1, 0.15) is 6.10 Å². The number of hydrogen-bond donors (Lipinski definition) is 0. The minimum atomic E-state index is -0.566. The number of hydrogen-bond acceptors (Lipinski definition) is 5. The van der Waals surface area contributed by atoms with E-state index in [1.54, 1.807) is 0 Å². The zero-order valence-corrected chi connectivity index (χ0v) is 17.7. The minimum absolute atomic E-state index is 0.0446. The number of ether oxygens (including phenoxy) is 2. The van der Waals surface area contributed by atoms with Crippen molar-refractivity contribution in [2.75, 3.05) is 0 Å². The molecule has 4 fully saturated rings. The fourth-order valence-corrected chi connectivity index (χ4v) is 7.73. The van der Waals surface area contributed by atoms with E-state index < -0.39 is 6.10 Å². The van der Waals surface area contributed by atoms with Crippen LogP contribution >= 0.6 is 0 Å². The second-order valence-electron chi connectivity index (χ2n) is 10.3. The summed E-state index contributed by atoms with van der Waals surface area (Å²) in [6, 6.07) is 0. The summed E-state index contributed by atoms with van der Waals surface area (Å²) in [7, 11) is 0. The molecule has 28 heavy (non-hydrogen) atoms. The van der Waals surface area contributed by atoms with E-state index in [2.05, 4.69) is 13.8 Å². The molecule has 8 atom stereocenters. The molecule has 0 unspecified atom stereocenters. The lowest BCUT2D eigenvalue weighted by molar-refractivity contribution is -0.175. The molecule has 4 aliphatic rings. The zero-order valence-electron chi connectivity index (χ0n) is 17.7. The topological polar surface area (TPSA) is 69.7 Å². The maximum atomic E-state index is 12.5. The number of rotatable bonds is 2. The smallest absolute Gasteiger partial charge is 0.303 e. The van der Waals surface area contributed by atoms with Crippen molar-refractivity contribution in [3.05, 3.63) is 0 Å². The molecule has 0 N–H and O–H groups in total. The van der Waals surface area contributed by atoms with E-state index in [0.717, 1.165) is 32.1 Å². The Bertz CT molecular complexity index is 686. The van der Waals surface area contributed by atoms with E-state index >= 15 is 0 Å². The summed E-state index contributed by atoms with van der Waals surface area (Å²) in [5.74, 6) is 1.75. The van der Waals surface area contributed by atoms with Crippen molar-refractivity contribution in [1.82, 2.24) is 0 Å². The van der Waals surface area contributed by atoms with Crippen LogP contribution in [-0.2, 0) is 23.9 Å². The highest BCUT2D eigenvalue weighted by Crippen LogP contribution is 2.66. The number of Topliss-reactive ketones (excluding diaryl/α,β-unsaturated/α-hetero) is 1. The molecule has 0 amide bonds. The van der Waals surface area contributed by atoms with Crippen LogP contribution in [0.3, 0.4) is 0 Å². The summed E-state index contributed by atoms with van der Waals surface area (Å²) >= 11 is 0. The third kappa shape index (κ3) is 3.00. The fourth-order valence-electron chi connectivity index (χ4n) is 7.73. The van der Waals surface area contributed by atoms with Gasteiger partial charge < -0.3 is 9.47 Å². The van der Waals surface area contributed by atoms with Gasteiger partial charge in [-0.25, -0.2) is 0 Å². The second kappa shape index (κ2) is 6.84. The number of esters is 2. The maximum absolute atomic E-state index is 12.5. The van der Waals surface area contributed by atoms with Gasteiger partial charge in [0.05, 0.1) is 0 Å². The van der Waals surface area contributed by atoms with Crippen molar-refractivity contribution in [1.29, 1.82) is 0 Å². The molecule has 0 aliphatic heterocycles. The van der Waals surface area contributed by atoms with E-state index in [0.29, 0.717) is 36.5 Å². The van der Waals surface area contributed by atoms with Gasteiger partial charge in [-0.3, -0.25) is 14.4 Å². The third-order valence-corrected chi connectivity index (χ3v) is 9.03. The molecule has 4 rings (SSSR count). The first kappa shape index (κ1) is 19.9. The Hall–Kier alpha value is -1.39. The van der Waals surface area contributed by atoms with E-state index in [1.807, 2.05) is 0 Å². The summed E-state index contributed by atoms with van der Waals surface area (Å²) in [5, 5.41) is 0. The SMILES string of the molecule is CC(=O)O[C@@H]1C[C@@]2(C)[C@H](CC[C@@H]3[C@@H]2CC[C@]2(C)[C@H](OC(C)=O)CC[C@@H]32)CC1=O. The average Bonchev–Trinajstić information content (AvgIpc) is 2.92. The standard InChI is InChI=1S/C23H34O5/c1-13(24)27-20-12-23(4)15(11-19(20)26)5-6-16-17-7-8-21(28-14(2)25)22(17,3)10-9-18(16)23/h15-18,20-21H,5-12H2,1-4H3/t15-,16+,17+,18+,20-,21-,22+,23+/m1/s1. The molecule has 0 aromatic carbocycles. The van der Waals surface area contributed by atoms with Crippen LogP contribution < -0.4 is 0 Å². The van der Waals surface area contributed by atoms with Gasteiger partial charge in [-0.2, -0.15) is 0 Å². The number of carbonyl (C=O) groups excluding carboxylic acids is 3. The highest BCUT2D eigenvalue weighted by Gasteiger charge is 2.62. The van der Waals surface area contributed by atoms with Crippen molar-refractivity contribution in [2.24, 2.45) is 34.5 Å². The van der Waals surface area contributed by atoms with Crippen LogP contribution in [0, 0.1) is 34.5 Å². The van der Waals surface area contributed by atoms with Crippen LogP contribution in [0.4, 0.5) is 0 Å². The first-order chi connectivity index (χ1) is 13.1. The summed E-state index contributed by atoms with van der Waals surface area (Å²) in [5.41, 5.74) is 0.133. The molecule has 5 heteroatoms. The van der Waals surface area contributed by atoms with Gasteiger partial charge in [0.15, 0.2) is 11.9 Å². The Morgan fingerprint density at radius 1 is 0.893 bits per heavy atom. The molecule has 0 aromatic rings. The normalized spacial score (nSPS) is 47.5. The third-order valence-electron chi connectivity index (χ3n) is 9.03. The van der Waals surface area contributed by atoms with Gasteiger partial charge in [-0.1, -0.05) is 13.8 Å². The molecule has 4 saturated carbocycles. The van der Waals surface area contributed by atoms with Gasteiger partial charge >= 0.3 is 11.9 Å². The lowest BCUT2D eigenvalue weighted by Crippen LogP contribution is -2.56. The summed E-state index contributed by atoms with van der Waals surface area (Å²) < 4.78 is 11.1. The van der Waals surface area contributed by atoms with Crippen LogP contribution in [0.25, 0.3) is 0 Å². The Labute approximate surface area is 167 Å². The van der Waals surface area contributed by atoms with Gasteiger partial charge in [0.2, 0.25) is 0 Å². The largest absolute Gasteiger partial charge is 0.462 e. The van der Waals surface area contributed by atoms with Crippen molar-refractivity contribution in [3.8, 4) is 0 Å². The number of carbonyl (C=O) groups is 3. The molecule has 0 saturated heterocycles. The lowest BCUT2D eigenvalue weighted by atomic mass is 9.45. The van der Waals surface area contributed by atoms with E-state index in [1.165, 1.54) is 20.3 Å². The first-order valence-electron chi connectivity index (χ1n) is 11.0. The molecule has 4 aliphatic carbocycles. The average molecular weight is 391 g/mol. The van der Waals surface area contributed by atoms with Crippen LogP contribution in [0.15, 0.2) is 0 Å². The van der Waals surface area contributed by atoms with Crippen LogP contribution in [0.5, 0.6) is 0 Å². The Balaban J connectivity index is 1.58. The predicted octanol–water partition coefficient (Wildman–Crippen LogP) is 4.07. The van der Waals surface area contributed by atoms with Crippen LogP contribution in [-0.4, -0.2) is 29.9 Å². The first-order valence-corrected chi connectivity index (χ1v) is 11.0. The molecule has 0 heterocycles. The molecule has 156 valence electrons. The van der Waals surface area contributed by atoms with Gasteiger partial charge in [-0.05, 0) is 74.0 Å². The van der Waals surface area contributed by atoms with E-state index in [9.17, 15) is 14.4 Å². The van der Waals surface area contributed by atoms with Crippen molar-refractivity contribution in [3.63, 3.8) is 0 Å². The predicted molar refractivity (Wildman–Crippen MR) is 103 cm³/mol. The minimum Gasteiger partial charge on any atom is -0.462 e. The van der Waals surface area contributed by atoms with E-state index in [-0.39, 0.29) is 34.7 Å². The molecule has 0 radical (unpaired) electrons. The monoisotopic (exact) mass is 390 g/mol. The molecular weight excluding hydrogens is 356 g/mol. The molecule has 0 aromatic heterocycles. The highest BCUT2D eigenvalue weighted by molar-refractivity contribution is 5.86. The molecule has 0 spiro atoms. The van der Waals surface area contributed by atoms with Gasteiger partial charge in [0.25, 0.3) is 0 Å². The van der Waals surface area contributed by atoms with Crippen molar-refractivity contribution >= 4 is 17.7 Å². The molecule has 0 bridgehead atoms. The fraction of sp³-hybridized carbons (Fsp3) is 0.870. The Morgan fingerprint density at radius 3 is 2.25 bits per heavy atom. The summed E-state index contributed by atoms with van der Waals surface area (Å²) in [6.45, 7) is 7.58. The Morgan fingerprint density at radius 2 is 1.57 bits per heavy atom. The number of fused-ring (bicyclic) bond motifs is 5. The second-order valence-corrected chi connectivity index (χ2v) is 10.3. The van der Waals surface area contributed by atoms with E-state index in [4.69, 9.17) is 9.47 Å². The highest BCUT2D eigenvalue weighted by atomic mass is 16.5. The quantitative estimate of drug-likeness (QED) is 0.665. The molecular formula is C23H34O5. The van der Waals surface area contributed by atoms with Crippen LogP contribution in [0.2, 0.25) is 0 Å². The zero-order chi connectivity index (χ0) is 20.3. The van der Waals surface area contributed by atoms with Crippen molar-refractivity contribution < 1.29 is 23.9 Å². The number of ketones is 1. The maximum Gasteiger partial charge on any atom is 0.303 e. The lowest BCUT2D eigenvalue weighted by Gasteiger charge is -2.60. The van der Waals surface area contributed by atoms with Crippen molar-refractivity contribution in [2.45, 2.75) is 91.3 Å². The Kier molecular flexibility index (Phi) is 4.86. The van der Waals surface area contributed by atoms with Crippen LogP contribution in [0.1, 0.15) is 79.1 Å². The van der Waals surface area contributed by atoms with Gasteiger partial charge in [0, 0.05) is 25.7 Å². The summed E-state index contributed by atoms with van der Waals surface area (Å²) in [6.07, 6.45) is 7.25. The summed E-state index contributed by atoms with van der Waals surface area (Å²) in [4.78, 5) is 35.6.